The summed E-state index contributed by atoms with van der Waals surface area (Å²) in [7, 11) is 0. The topological polar surface area (TPSA) is 66.4 Å². The average Bonchev–Trinajstić information content (AvgIpc) is 2.46. The van der Waals surface area contributed by atoms with Crippen LogP contribution in [0.1, 0.15) is 48.5 Å². The van der Waals surface area contributed by atoms with Gasteiger partial charge in [0.05, 0.1) is 5.56 Å². The van der Waals surface area contributed by atoms with E-state index in [1.807, 2.05) is 13.0 Å². The average molecular weight is 289 g/mol. The van der Waals surface area contributed by atoms with Gasteiger partial charge in [-0.3, -0.25) is 4.79 Å². The molecule has 114 valence electrons. The number of unbranched alkanes of at least 4 members (excludes halogenated alkanes) is 1. The molecule has 1 aromatic rings. The molecule has 1 atom stereocenters. The number of hydrogen-bond donors (Lipinski definition) is 2. The Morgan fingerprint density at radius 2 is 2.00 bits per heavy atom. The van der Waals surface area contributed by atoms with Crippen LogP contribution in [0.4, 0.5) is 0 Å². The molecular formula is C17H23NO3. The van der Waals surface area contributed by atoms with Gasteiger partial charge in [-0.25, -0.2) is 4.79 Å². The predicted molar refractivity (Wildman–Crippen MR) is 83.4 cm³/mol. The van der Waals surface area contributed by atoms with Gasteiger partial charge in [0.15, 0.2) is 0 Å². The lowest BCUT2D eigenvalue weighted by Gasteiger charge is -2.13. The molecule has 0 saturated carbocycles. The summed E-state index contributed by atoms with van der Waals surface area (Å²) in [5.41, 5.74) is 1.23. The Hall–Kier alpha value is -2.10. The summed E-state index contributed by atoms with van der Waals surface area (Å²) in [6, 6.07) is 6.81. The van der Waals surface area contributed by atoms with Crippen molar-refractivity contribution in [3.8, 4) is 0 Å². The number of allylic oxidation sites excluding steroid dienone is 1. The first-order valence-corrected chi connectivity index (χ1v) is 7.25. The Bertz CT molecular complexity index is 479. The number of benzene rings is 1. The van der Waals surface area contributed by atoms with Gasteiger partial charge < -0.3 is 10.4 Å². The van der Waals surface area contributed by atoms with Crippen LogP contribution in [0.25, 0.3) is 0 Å². The van der Waals surface area contributed by atoms with Crippen LogP contribution in [0.15, 0.2) is 36.9 Å². The van der Waals surface area contributed by atoms with Crippen molar-refractivity contribution >= 4 is 11.9 Å². The maximum absolute atomic E-state index is 11.8. The van der Waals surface area contributed by atoms with Crippen molar-refractivity contribution in [3.05, 3.63) is 48.0 Å². The molecule has 2 N–H and O–H groups in total. The van der Waals surface area contributed by atoms with Gasteiger partial charge in [0.1, 0.15) is 0 Å². The van der Waals surface area contributed by atoms with Gasteiger partial charge >= 0.3 is 5.97 Å². The molecule has 4 heteroatoms. The van der Waals surface area contributed by atoms with Crippen LogP contribution in [-0.2, 0) is 11.2 Å². The summed E-state index contributed by atoms with van der Waals surface area (Å²) >= 11 is 0. The van der Waals surface area contributed by atoms with Gasteiger partial charge in [-0.05, 0) is 50.3 Å². The third-order valence-corrected chi connectivity index (χ3v) is 3.29. The Labute approximate surface area is 125 Å². The van der Waals surface area contributed by atoms with E-state index >= 15 is 0 Å². The third kappa shape index (κ3) is 6.75. The van der Waals surface area contributed by atoms with Crippen molar-refractivity contribution in [2.75, 3.05) is 0 Å². The number of rotatable bonds is 9. The second-order valence-corrected chi connectivity index (χ2v) is 5.19. The van der Waals surface area contributed by atoms with Crippen LogP contribution in [-0.4, -0.2) is 23.0 Å². The molecular weight excluding hydrogens is 266 g/mol. The van der Waals surface area contributed by atoms with Crippen molar-refractivity contribution in [2.24, 2.45) is 0 Å². The highest BCUT2D eigenvalue weighted by molar-refractivity contribution is 5.87. The summed E-state index contributed by atoms with van der Waals surface area (Å²) in [6.45, 7) is 5.68. The quantitative estimate of drug-likeness (QED) is 0.542. The Kier molecular flexibility index (Phi) is 7.23. The predicted octanol–water partition coefficient (Wildman–Crippen LogP) is 3.18. The lowest BCUT2D eigenvalue weighted by molar-refractivity contribution is -0.121. The first-order chi connectivity index (χ1) is 10.0. The zero-order valence-electron chi connectivity index (χ0n) is 12.5. The van der Waals surface area contributed by atoms with Gasteiger partial charge in [0, 0.05) is 12.5 Å². The highest BCUT2D eigenvalue weighted by atomic mass is 16.4. The lowest BCUT2D eigenvalue weighted by Crippen LogP contribution is -2.32. The van der Waals surface area contributed by atoms with Crippen LogP contribution in [0.2, 0.25) is 0 Å². The zero-order valence-corrected chi connectivity index (χ0v) is 12.5. The molecule has 0 spiro atoms. The van der Waals surface area contributed by atoms with E-state index in [1.165, 1.54) is 0 Å². The minimum Gasteiger partial charge on any atom is -0.478 e. The molecule has 0 bridgehead atoms. The van der Waals surface area contributed by atoms with E-state index in [9.17, 15) is 9.59 Å². The maximum Gasteiger partial charge on any atom is 0.335 e. The van der Waals surface area contributed by atoms with E-state index in [-0.39, 0.29) is 17.5 Å². The second-order valence-electron chi connectivity index (χ2n) is 5.19. The molecule has 1 rings (SSSR count). The van der Waals surface area contributed by atoms with E-state index in [0.717, 1.165) is 24.8 Å². The summed E-state index contributed by atoms with van der Waals surface area (Å²) in [6.07, 6.45) is 5.86. The molecule has 0 saturated heterocycles. The van der Waals surface area contributed by atoms with E-state index in [4.69, 9.17) is 5.11 Å². The minimum absolute atomic E-state index is 0.0309. The van der Waals surface area contributed by atoms with Gasteiger partial charge in [0.25, 0.3) is 0 Å². The molecule has 0 aliphatic carbocycles. The summed E-state index contributed by atoms with van der Waals surface area (Å²) in [5.74, 6) is -0.906. The van der Waals surface area contributed by atoms with Crippen molar-refractivity contribution < 1.29 is 14.7 Å². The summed E-state index contributed by atoms with van der Waals surface area (Å²) in [4.78, 5) is 22.5. The van der Waals surface area contributed by atoms with E-state index < -0.39 is 5.97 Å². The largest absolute Gasteiger partial charge is 0.478 e. The molecule has 1 amide bonds. The molecule has 0 radical (unpaired) electrons. The highest BCUT2D eigenvalue weighted by Gasteiger charge is 2.08. The normalized spacial score (nSPS) is 11.7. The van der Waals surface area contributed by atoms with Crippen molar-refractivity contribution in [1.29, 1.82) is 0 Å². The number of aryl methyl sites for hydroxylation is 1. The molecule has 0 aliphatic heterocycles. The Morgan fingerprint density at radius 3 is 2.57 bits per heavy atom. The Balaban J connectivity index is 2.32. The molecule has 0 fully saturated rings. The third-order valence-electron chi connectivity index (χ3n) is 3.29. The van der Waals surface area contributed by atoms with E-state index in [0.29, 0.717) is 12.8 Å². The fraction of sp³-hybridized carbons (Fsp3) is 0.412. The molecule has 0 aromatic heterocycles. The maximum atomic E-state index is 11.8. The van der Waals surface area contributed by atoms with Gasteiger partial charge in [-0.15, -0.1) is 6.58 Å². The molecule has 0 aliphatic rings. The molecule has 1 unspecified atom stereocenters. The molecule has 1 aromatic carbocycles. The Morgan fingerprint density at radius 1 is 1.33 bits per heavy atom. The standard InChI is InChI=1S/C17H23NO3/c1-3-4-5-6-13(2)18-16(19)12-9-14-7-10-15(11-8-14)17(20)21/h3,7-8,10-11,13H,1,4-6,9,12H2,2H3,(H,18,19)(H,20,21). The monoisotopic (exact) mass is 289 g/mol. The zero-order chi connectivity index (χ0) is 15.7. The number of carbonyl (C=O) groups excluding carboxylic acids is 1. The highest BCUT2D eigenvalue weighted by Crippen LogP contribution is 2.07. The van der Waals surface area contributed by atoms with Gasteiger partial charge in [-0.1, -0.05) is 18.2 Å². The number of carboxylic acid groups (broad SMARTS) is 1. The minimum atomic E-state index is -0.937. The number of carboxylic acids is 1. The van der Waals surface area contributed by atoms with Crippen LogP contribution >= 0.6 is 0 Å². The molecule has 0 heterocycles. The number of aromatic carboxylic acids is 1. The van der Waals surface area contributed by atoms with E-state index in [2.05, 4.69) is 11.9 Å². The second kappa shape index (κ2) is 8.95. The summed E-state index contributed by atoms with van der Waals surface area (Å²) < 4.78 is 0. The van der Waals surface area contributed by atoms with Crippen molar-refractivity contribution in [1.82, 2.24) is 5.32 Å². The van der Waals surface area contributed by atoms with Gasteiger partial charge in [-0.2, -0.15) is 0 Å². The van der Waals surface area contributed by atoms with Crippen LogP contribution < -0.4 is 5.32 Å². The van der Waals surface area contributed by atoms with Crippen LogP contribution in [0.3, 0.4) is 0 Å². The number of hydrogen-bond acceptors (Lipinski definition) is 2. The lowest BCUT2D eigenvalue weighted by atomic mass is 10.1. The fourth-order valence-corrected chi connectivity index (χ4v) is 2.06. The molecule has 21 heavy (non-hydrogen) atoms. The van der Waals surface area contributed by atoms with Crippen LogP contribution in [0.5, 0.6) is 0 Å². The first kappa shape index (κ1) is 17.0. The van der Waals surface area contributed by atoms with Crippen molar-refractivity contribution in [3.63, 3.8) is 0 Å². The van der Waals surface area contributed by atoms with E-state index in [1.54, 1.807) is 24.3 Å². The van der Waals surface area contributed by atoms with Crippen LogP contribution in [0, 0.1) is 0 Å². The van der Waals surface area contributed by atoms with Gasteiger partial charge in [0.2, 0.25) is 5.91 Å². The summed E-state index contributed by atoms with van der Waals surface area (Å²) in [5, 5.41) is 11.8. The molecule has 4 nitrogen and oxygen atoms in total. The number of nitrogens with one attached hydrogen (secondary N) is 1. The first-order valence-electron chi connectivity index (χ1n) is 7.25. The van der Waals surface area contributed by atoms with Crippen molar-refractivity contribution in [2.45, 2.75) is 45.1 Å². The number of carbonyl (C=O) groups is 2. The fourth-order valence-electron chi connectivity index (χ4n) is 2.06. The smallest absolute Gasteiger partial charge is 0.335 e. The number of amides is 1. The SMILES string of the molecule is C=CCCCC(C)NC(=O)CCc1ccc(C(=O)O)cc1.